The van der Waals surface area contributed by atoms with Crippen LogP contribution in [0.3, 0.4) is 0 Å². The lowest BCUT2D eigenvalue weighted by atomic mass is 9.94. The molecule has 2 aliphatic heterocycles. The normalized spacial score (nSPS) is 29.7. The minimum absolute atomic E-state index is 0.0856. The Morgan fingerprint density at radius 2 is 2.17 bits per heavy atom. The van der Waals surface area contributed by atoms with Gasteiger partial charge in [-0.3, -0.25) is 0 Å². The molecule has 2 atom stereocenters. The summed E-state index contributed by atoms with van der Waals surface area (Å²) in [5.74, 6) is 0.605. The number of fused-ring (bicyclic) bond motifs is 1. The van der Waals surface area contributed by atoms with E-state index in [4.69, 9.17) is 4.74 Å². The number of nitrogens with zero attached hydrogens (tertiary/aromatic N) is 1. The van der Waals surface area contributed by atoms with Gasteiger partial charge in [0.25, 0.3) is 0 Å². The van der Waals surface area contributed by atoms with Crippen molar-refractivity contribution in [2.24, 2.45) is 5.92 Å². The summed E-state index contributed by atoms with van der Waals surface area (Å²) in [6, 6.07) is 0.169. The molecule has 2 fully saturated rings. The van der Waals surface area contributed by atoms with E-state index >= 15 is 0 Å². The SMILES string of the molecule is CC(C)OCCS(=O)(=O)N1CCCC2CNCC21. The Morgan fingerprint density at radius 3 is 2.89 bits per heavy atom. The lowest BCUT2D eigenvalue weighted by Gasteiger charge is -2.35. The molecule has 18 heavy (non-hydrogen) atoms. The summed E-state index contributed by atoms with van der Waals surface area (Å²) in [5, 5.41) is 3.30. The maximum absolute atomic E-state index is 12.3. The molecule has 0 saturated carbocycles. The largest absolute Gasteiger partial charge is 0.378 e. The number of nitrogens with one attached hydrogen (secondary N) is 1. The van der Waals surface area contributed by atoms with Crippen molar-refractivity contribution in [3.8, 4) is 0 Å². The minimum Gasteiger partial charge on any atom is -0.378 e. The summed E-state index contributed by atoms with van der Waals surface area (Å²) in [6.45, 7) is 6.57. The number of sulfonamides is 1. The summed E-state index contributed by atoms with van der Waals surface area (Å²) in [7, 11) is -3.16. The van der Waals surface area contributed by atoms with E-state index in [1.807, 2.05) is 13.8 Å². The van der Waals surface area contributed by atoms with Crippen molar-refractivity contribution in [3.63, 3.8) is 0 Å². The molecule has 106 valence electrons. The molecular formula is C12H24N2O3S. The predicted molar refractivity (Wildman–Crippen MR) is 71.0 cm³/mol. The van der Waals surface area contributed by atoms with Crippen molar-refractivity contribution < 1.29 is 13.2 Å². The van der Waals surface area contributed by atoms with Crippen molar-refractivity contribution in [1.82, 2.24) is 9.62 Å². The maximum Gasteiger partial charge on any atom is 0.216 e. The zero-order valence-corrected chi connectivity index (χ0v) is 12.1. The molecule has 2 saturated heterocycles. The van der Waals surface area contributed by atoms with Gasteiger partial charge in [0, 0.05) is 19.1 Å². The van der Waals surface area contributed by atoms with Crippen LogP contribution in [0.4, 0.5) is 0 Å². The molecule has 2 rings (SSSR count). The smallest absolute Gasteiger partial charge is 0.216 e. The Labute approximate surface area is 110 Å². The molecule has 0 aromatic carbocycles. The Morgan fingerprint density at radius 1 is 1.39 bits per heavy atom. The maximum atomic E-state index is 12.3. The van der Waals surface area contributed by atoms with Gasteiger partial charge in [-0.25, -0.2) is 8.42 Å². The van der Waals surface area contributed by atoms with Crippen LogP contribution in [0.15, 0.2) is 0 Å². The number of piperidine rings is 1. The Bertz CT molecular complexity index is 370. The monoisotopic (exact) mass is 276 g/mol. The van der Waals surface area contributed by atoms with Crippen molar-refractivity contribution in [2.45, 2.75) is 38.8 Å². The fourth-order valence-corrected chi connectivity index (χ4v) is 4.49. The number of rotatable bonds is 5. The molecule has 5 nitrogen and oxygen atoms in total. The molecule has 0 aromatic heterocycles. The zero-order valence-electron chi connectivity index (χ0n) is 11.3. The molecule has 0 bridgehead atoms. The highest BCUT2D eigenvalue weighted by molar-refractivity contribution is 7.89. The van der Waals surface area contributed by atoms with Gasteiger partial charge in [-0.2, -0.15) is 4.31 Å². The molecule has 2 heterocycles. The average molecular weight is 276 g/mol. The number of hydrogen-bond donors (Lipinski definition) is 1. The summed E-state index contributed by atoms with van der Waals surface area (Å²) >= 11 is 0. The van der Waals surface area contributed by atoms with Crippen LogP contribution < -0.4 is 5.32 Å². The van der Waals surface area contributed by atoms with Crippen molar-refractivity contribution in [1.29, 1.82) is 0 Å². The molecule has 2 unspecified atom stereocenters. The van der Waals surface area contributed by atoms with E-state index in [0.717, 1.165) is 25.9 Å². The second-order valence-electron chi connectivity index (χ2n) is 5.47. The van der Waals surface area contributed by atoms with Gasteiger partial charge in [0.05, 0.1) is 18.5 Å². The van der Waals surface area contributed by atoms with Crippen LogP contribution in [0.1, 0.15) is 26.7 Å². The van der Waals surface area contributed by atoms with E-state index in [1.165, 1.54) is 0 Å². The highest BCUT2D eigenvalue weighted by Gasteiger charge is 2.40. The molecule has 0 aromatic rings. The van der Waals surface area contributed by atoms with E-state index in [2.05, 4.69) is 5.32 Å². The van der Waals surface area contributed by atoms with E-state index < -0.39 is 10.0 Å². The highest BCUT2D eigenvalue weighted by Crippen LogP contribution is 2.28. The Hall–Kier alpha value is -0.170. The van der Waals surface area contributed by atoms with Gasteiger partial charge in [0.1, 0.15) is 0 Å². The van der Waals surface area contributed by atoms with E-state index in [9.17, 15) is 8.42 Å². The third kappa shape index (κ3) is 3.23. The van der Waals surface area contributed by atoms with Gasteiger partial charge in [0.2, 0.25) is 10.0 Å². The topological polar surface area (TPSA) is 58.6 Å². The van der Waals surface area contributed by atoms with Crippen molar-refractivity contribution >= 4 is 10.0 Å². The first-order valence-electron chi connectivity index (χ1n) is 6.82. The van der Waals surface area contributed by atoms with Crippen LogP contribution in [-0.4, -0.2) is 56.9 Å². The standard InChI is InChI=1S/C12H24N2O3S/c1-10(2)17-6-7-18(15,16)14-5-3-4-11-8-13-9-12(11)14/h10-13H,3-9H2,1-2H3. The predicted octanol–water partition coefficient (Wildman–Crippen LogP) is 0.425. The van der Waals surface area contributed by atoms with Crippen LogP contribution >= 0.6 is 0 Å². The lowest BCUT2D eigenvalue weighted by Crippen LogP contribution is -2.49. The summed E-state index contributed by atoms with van der Waals surface area (Å²) in [6.07, 6.45) is 2.21. The molecular weight excluding hydrogens is 252 g/mol. The van der Waals surface area contributed by atoms with Crippen molar-refractivity contribution in [2.75, 3.05) is 32.0 Å². The molecule has 1 N–H and O–H groups in total. The zero-order chi connectivity index (χ0) is 13.2. The Kier molecular flexibility index (Phi) is 4.64. The third-order valence-corrected chi connectivity index (χ3v) is 5.63. The second-order valence-corrected chi connectivity index (χ2v) is 7.52. The Balaban J connectivity index is 1.95. The summed E-state index contributed by atoms with van der Waals surface area (Å²) in [4.78, 5) is 0. The fourth-order valence-electron chi connectivity index (χ4n) is 2.88. The molecule has 2 aliphatic rings. The van der Waals surface area contributed by atoms with E-state index in [1.54, 1.807) is 4.31 Å². The molecule has 0 spiro atoms. The fraction of sp³-hybridized carbons (Fsp3) is 1.00. The summed E-state index contributed by atoms with van der Waals surface area (Å²) < 4.78 is 31.7. The van der Waals surface area contributed by atoms with Crippen LogP contribution in [0.25, 0.3) is 0 Å². The quantitative estimate of drug-likeness (QED) is 0.791. The minimum atomic E-state index is -3.16. The number of hydrogen-bond acceptors (Lipinski definition) is 4. The average Bonchev–Trinajstić information content (AvgIpc) is 2.75. The van der Waals surface area contributed by atoms with Gasteiger partial charge in [-0.1, -0.05) is 0 Å². The van der Waals surface area contributed by atoms with Crippen LogP contribution in [0, 0.1) is 5.92 Å². The molecule has 0 amide bonds. The van der Waals surface area contributed by atoms with E-state index in [-0.39, 0.29) is 17.9 Å². The first-order chi connectivity index (χ1) is 8.50. The highest BCUT2D eigenvalue weighted by atomic mass is 32.2. The summed E-state index contributed by atoms with van der Waals surface area (Å²) in [5.41, 5.74) is 0. The van der Waals surface area contributed by atoms with Gasteiger partial charge < -0.3 is 10.1 Å². The molecule has 0 aliphatic carbocycles. The second kappa shape index (κ2) is 5.86. The van der Waals surface area contributed by atoms with E-state index in [0.29, 0.717) is 19.1 Å². The lowest BCUT2D eigenvalue weighted by molar-refractivity contribution is 0.0900. The van der Waals surface area contributed by atoms with Crippen molar-refractivity contribution in [3.05, 3.63) is 0 Å². The van der Waals surface area contributed by atoms with Crippen LogP contribution in [-0.2, 0) is 14.8 Å². The first-order valence-corrected chi connectivity index (χ1v) is 8.43. The molecule has 0 radical (unpaired) electrons. The van der Waals surface area contributed by atoms with Gasteiger partial charge in [0.15, 0.2) is 0 Å². The van der Waals surface area contributed by atoms with Crippen LogP contribution in [0.2, 0.25) is 0 Å². The number of ether oxygens (including phenoxy) is 1. The van der Waals surface area contributed by atoms with Gasteiger partial charge in [-0.05, 0) is 39.2 Å². The van der Waals surface area contributed by atoms with Gasteiger partial charge >= 0.3 is 0 Å². The first kappa shape index (κ1) is 14.2. The third-order valence-electron chi connectivity index (χ3n) is 3.78. The van der Waals surface area contributed by atoms with Crippen LogP contribution in [0.5, 0.6) is 0 Å². The molecule has 6 heteroatoms. The van der Waals surface area contributed by atoms with Gasteiger partial charge in [-0.15, -0.1) is 0 Å².